The largest absolute Gasteiger partial charge is 0.390 e. The number of hydrogen-bond donors (Lipinski definition) is 2. The van der Waals surface area contributed by atoms with Gasteiger partial charge in [0.05, 0.1) is 29.6 Å². The highest BCUT2D eigenvalue weighted by molar-refractivity contribution is 5.73. The maximum absolute atomic E-state index is 15.5. The molecule has 3 N–H and O–H groups in total. The Labute approximate surface area is 251 Å². The molecular formula is C31H36F7N5O. The van der Waals surface area contributed by atoms with E-state index in [-0.39, 0.29) is 17.7 Å². The predicted octanol–water partition coefficient (Wildman–Crippen LogP) is 8.52. The average molecular weight is 628 g/mol. The van der Waals surface area contributed by atoms with Crippen LogP contribution in [0.5, 0.6) is 0 Å². The van der Waals surface area contributed by atoms with E-state index in [1.165, 1.54) is 11.8 Å². The lowest BCUT2D eigenvalue weighted by atomic mass is 10.0. The van der Waals surface area contributed by atoms with Crippen LogP contribution in [0.4, 0.5) is 36.4 Å². The monoisotopic (exact) mass is 627 g/mol. The SMILES string of the molecule is CC.CC.Cc1cc(-c2cnc3c(NCCC(F)(F)F)cc(C(F)(F)c4cc(F)ccc4F)nn23)ccc1C1CC1.NC=O. The molecule has 4 aromatic rings. The fourth-order valence-corrected chi connectivity index (χ4v) is 4.35. The molecule has 2 heterocycles. The molecule has 0 saturated heterocycles. The van der Waals surface area contributed by atoms with E-state index < -0.39 is 48.0 Å². The van der Waals surface area contributed by atoms with Gasteiger partial charge >= 0.3 is 12.1 Å². The second-order valence-electron chi connectivity index (χ2n) is 9.29. The lowest BCUT2D eigenvalue weighted by Gasteiger charge is -2.19. The molecular weight excluding hydrogens is 591 g/mol. The van der Waals surface area contributed by atoms with Crippen LogP contribution < -0.4 is 11.1 Å². The molecule has 0 unspecified atom stereocenters. The number of fused-ring (bicyclic) bond motifs is 1. The molecule has 0 bridgehead atoms. The average Bonchev–Trinajstić information content (AvgIpc) is 3.73. The number of carbonyl (C=O) groups excluding carboxylic acids is 1. The first kappa shape index (κ1) is 36.0. The summed E-state index contributed by atoms with van der Waals surface area (Å²) < 4.78 is 98.3. The second kappa shape index (κ2) is 15.5. The number of carbonyl (C=O) groups is 1. The third kappa shape index (κ3) is 8.70. The number of anilines is 1. The Morgan fingerprint density at radius 3 is 2.20 bits per heavy atom. The van der Waals surface area contributed by atoms with Gasteiger partial charge in [-0.2, -0.15) is 27.1 Å². The summed E-state index contributed by atoms with van der Waals surface area (Å²) in [6.45, 7) is 9.32. The summed E-state index contributed by atoms with van der Waals surface area (Å²) in [5.74, 6) is -6.04. The molecule has 13 heteroatoms. The molecule has 0 radical (unpaired) electrons. The number of hydrogen-bond acceptors (Lipinski definition) is 4. The Hall–Kier alpha value is -4.16. The minimum atomic E-state index is -4.48. The molecule has 0 spiro atoms. The fourth-order valence-electron chi connectivity index (χ4n) is 4.35. The van der Waals surface area contributed by atoms with E-state index in [1.807, 2.05) is 46.8 Å². The molecule has 1 fully saturated rings. The summed E-state index contributed by atoms with van der Waals surface area (Å²) in [4.78, 5) is 12.8. The van der Waals surface area contributed by atoms with Crippen molar-refractivity contribution in [2.75, 3.05) is 11.9 Å². The molecule has 6 nitrogen and oxygen atoms in total. The molecule has 0 atom stereocenters. The van der Waals surface area contributed by atoms with Gasteiger partial charge in [-0.3, -0.25) is 4.79 Å². The number of benzene rings is 2. The van der Waals surface area contributed by atoms with Gasteiger partial charge in [0, 0.05) is 12.1 Å². The Kier molecular flexibility index (Phi) is 12.7. The van der Waals surface area contributed by atoms with Crippen LogP contribution >= 0.6 is 0 Å². The van der Waals surface area contributed by atoms with Crippen LogP contribution in [0.15, 0.2) is 48.7 Å². The highest BCUT2D eigenvalue weighted by Crippen LogP contribution is 2.43. The Bertz CT molecular complexity index is 1530. The van der Waals surface area contributed by atoms with Crippen LogP contribution in [0.25, 0.3) is 16.9 Å². The number of rotatable bonds is 7. The van der Waals surface area contributed by atoms with Crippen molar-refractivity contribution in [1.29, 1.82) is 0 Å². The Balaban J connectivity index is 0.000000893. The van der Waals surface area contributed by atoms with Crippen LogP contribution in [-0.2, 0) is 10.7 Å². The molecule has 0 aliphatic heterocycles. The van der Waals surface area contributed by atoms with Crippen molar-refractivity contribution >= 4 is 17.7 Å². The zero-order chi connectivity index (χ0) is 33.2. The molecule has 2 aromatic heterocycles. The zero-order valence-electron chi connectivity index (χ0n) is 25.1. The smallest absolute Gasteiger partial charge is 0.382 e. The first-order chi connectivity index (χ1) is 20.9. The lowest BCUT2D eigenvalue weighted by molar-refractivity contribution is -0.131. The fraction of sp³-hybridized carbons (Fsp3) is 0.387. The van der Waals surface area contributed by atoms with Crippen molar-refractivity contribution in [2.45, 2.75) is 71.9 Å². The van der Waals surface area contributed by atoms with Gasteiger partial charge < -0.3 is 11.1 Å². The Morgan fingerprint density at radius 2 is 1.64 bits per heavy atom. The number of aromatic nitrogens is 3. The van der Waals surface area contributed by atoms with E-state index in [0.717, 1.165) is 29.0 Å². The number of imidazole rings is 1. The number of primary amides is 1. The van der Waals surface area contributed by atoms with E-state index in [9.17, 15) is 22.0 Å². The van der Waals surface area contributed by atoms with Crippen molar-refractivity contribution in [2.24, 2.45) is 5.73 Å². The first-order valence-corrected chi connectivity index (χ1v) is 14.1. The standard InChI is InChI=1S/C26H21F7N4.2C2H6.CH3NO/c1-14-10-16(4-6-18(14)15-2-3-15)22-13-35-24-21(34-9-8-25(29,30)31)12-23(36-37(22)24)26(32,33)19-11-17(27)5-7-20(19)28;2*1-2;2-1-3/h4-7,10-13,15,34H,2-3,8-9H2,1H3;2*1-2H3;1H,(H2,2,3). The number of nitrogens with zero attached hydrogens (tertiary/aromatic N) is 3. The van der Waals surface area contributed by atoms with E-state index in [2.05, 4.69) is 21.1 Å². The number of alkyl halides is 5. The van der Waals surface area contributed by atoms with Crippen molar-refractivity contribution in [3.63, 3.8) is 0 Å². The van der Waals surface area contributed by atoms with Gasteiger partial charge in [0.15, 0.2) is 5.65 Å². The predicted molar refractivity (Wildman–Crippen MR) is 157 cm³/mol. The maximum Gasteiger partial charge on any atom is 0.390 e. The van der Waals surface area contributed by atoms with Crippen LogP contribution in [0.3, 0.4) is 0 Å². The summed E-state index contributed by atoms with van der Waals surface area (Å²) in [5.41, 5.74) is 4.92. The minimum absolute atomic E-state index is 0.0142. The molecule has 5 rings (SSSR count). The first-order valence-electron chi connectivity index (χ1n) is 14.1. The summed E-state index contributed by atoms with van der Waals surface area (Å²) in [6.07, 6.45) is -1.87. The zero-order valence-corrected chi connectivity index (χ0v) is 25.1. The number of amides is 1. The molecule has 1 aliphatic carbocycles. The van der Waals surface area contributed by atoms with Gasteiger partial charge in [-0.25, -0.2) is 18.3 Å². The van der Waals surface area contributed by atoms with Gasteiger partial charge in [-0.1, -0.05) is 39.8 Å². The third-order valence-corrected chi connectivity index (χ3v) is 6.36. The quantitative estimate of drug-likeness (QED) is 0.159. The lowest BCUT2D eigenvalue weighted by Crippen LogP contribution is -2.22. The van der Waals surface area contributed by atoms with E-state index in [1.54, 1.807) is 6.07 Å². The number of aryl methyl sites for hydroxylation is 1. The van der Waals surface area contributed by atoms with Crippen LogP contribution in [-0.4, -0.2) is 33.7 Å². The maximum atomic E-state index is 15.5. The van der Waals surface area contributed by atoms with Crippen LogP contribution in [0.2, 0.25) is 0 Å². The van der Waals surface area contributed by atoms with E-state index in [4.69, 9.17) is 4.79 Å². The molecule has 2 aromatic carbocycles. The molecule has 1 amide bonds. The van der Waals surface area contributed by atoms with Crippen molar-refractivity contribution in [3.8, 4) is 11.3 Å². The minimum Gasteiger partial charge on any atom is -0.382 e. The summed E-state index contributed by atoms with van der Waals surface area (Å²) >= 11 is 0. The molecule has 240 valence electrons. The summed E-state index contributed by atoms with van der Waals surface area (Å²) in [7, 11) is 0. The summed E-state index contributed by atoms with van der Waals surface area (Å²) in [6, 6.07) is 8.09. The van der Waals surface area contributed by atoms with Gasteiger partial charge in [-0.15, -0.1) is 0 Å². The Morgan fingerprint density at radius 1 is 1.00 bits per heavy atom. The molecule has 1 saturated carbocycles. The van der Waals surface area contributed by atoms with Crippen LogP contribution in [0, 0.1) is 18.6 Å². The van der Waals surface area contributed by atoms with Crippen molar-refractivity contribution < 1.29 is 35.5 Å². The topological polar surface area (TPSA) is 85.3 Å². The highest BCUT2D eigenvalue weighted by atomic mass is 19.4. The third-order valence-electron chi connectivity index (χ3n) is 6.36. The second-order valence-corrected chi connectivity index (χ2v) is 9.29. The van der Waals surface area contributed by atoms with Gasteiger partial charge in [0.1, 0.15) is 17.3 Å². The number of halogens is 7. The molecule has 44 heavy (non-hydrogen) atoms. The highest BCUT2D eigenvalue weighted by Gasteiger charge is 2.40. The van der Waals surface area contributed by atoms with Crippen LogP contribution in [0.1, 0.15) is 75.3 Å². The normalized spacial score (nSPS) is 12.6. The molecule has 1 aliphatic rings. The number of nitrogens with one attached hydrogen (secondary N) is 1. The van der Waals surface area contributed by atoms with Gasteiger partial charge in [-0.05, 0) is 67.1 Å². The van der Waals surface area contributed by atoms with Gasteiger partial charge in [0.25, 0.3) is 0 Å². The van der Waals surface area contributed by atoms with E-state index in [0.29, 0.717) is 35.4 Å². The van der Waals surface area contributed by atoms with Crippen molar-refractivity contribution in [3.05, 3.63) is 82.7 Å². The van der Waals surface area contributed by atoms with E-state index >= 15 is 8.78 Å². The van der Waals surface area contributed by atoms with Crippen molar-refractivity contribution in [1.82, 2.24) is 14.6 Å². The summed E-state index contributed by atoms with van der Waals surface area (Å²) in [5, 5.41) is 6.50. The number of nitrogens with two attached hydrogens (primary N) is 1. The van der Waals surface area contributed by atoms with Gasteiger partial charge in [0.2, 0.25) is 6.41 Å².